The molecule has 14 heavy (non-hydrogen) atoms. The maximum atomic E-state index is 10.9. The molecule has 1 rings (SSSR count). The summed E-state index contributed by atoms with van der Waals surface area (Å²) in [6, 6.07) is 0.150. The van der Waals surface area contributed by atoms with Gasteiger partial charge in [0.25, 0.3) is 0 Å². The van der Waals surface area contributed by atoms with Gasteiger partial charge in [0.2, 0.25) is 0 Å². The van der Waals surface area contributed by atoms with E-state index in [1.165, 1.54) is 6.26 Å². The van der Waals surface area contributed by atoms with Gasteiger partial charge in [0, 0.05) is 18.8 Å². The number of likely N-dealkylation sites (N-methyl/N-ethyl adjacent to an activating group) is 1. The van der Waals surface area contributed by atoms with Crippen LogP contribution in [0, 0.1) is 0 Å². The van der Waals surface area contributed by atoms with E-state index in [2.05, 4.69) is 0 Å². The molecule has 2 atom stereocenters. The van der Waals surface area contributed by atoms with Crippen LogP contribution < -0.4 is 0 Å². The zero-order valence-corrected chi connectivity index (χ0v) is 9.63. The van der Waals surface area contributed by atoms with Gasteiger partial charge in [-0.2, -0.15) is 0 Å². The molecule has 1 saturated carbocycles. The molecule has 1 N–H and O–H groups in total. The van der Waals surface area contributed by atoms with E-state index in [4.69, 9.17) is 0 Å². The third kappa shape index (κ3) is 3.55. The second kappa shape index (κ2) is 4.59. The monoisotopic (exact) mass is 221 g/mol. The van der Waals surface area contributed by atoms with Crippen molar-refractivity contribution < 1.29 is 13.5 Å². The first-order valence-electron chi connectivity index (χ1n) is 4.96. The SMILES string of the molecule is CN(CCS(C)(=O)=O)[C@@H]1CCC[C@H]1O. The van der Waals surface area contributed by atoms with Crippen LogP contribution in [0.25, 0.3) is 0 Å². The van der Waals surface area contributed by atoms with Gasteiger partial charge in [0.05, 0.1) is 11.9 Å². The highest BCUT2D eigenvalue weighted by molar-refractivity contribution is 7.90. The van der Waals surface area contributed by atoms with Crippen molar-refractivity contribution in [1.82, 2.24) is 4.90 Å². The van der Waals surface area contributed by atoms with E-state index >= 15 is 0 Å². The van der Waals surface area contributed by atoms with Crippen molar-refractivity contribution in [3.63, 3.8) is 0 Å². The molecule has 4 nitrogen and oxygen atoms in total. The lowest BCUT2D eigenvalue weighted by atomic mass is 10.2. The molecular formula is C9H19NO3S. The summed E-state index contributed by atoms with van der Waals surface area (Å²) in [7, 11) is -1.01. The Morgan fingerprint density at radius 2 is 2.07 bits per heavy atom. The standard InChI is InChI=1S/C9H19NO3S/c1-10(6-7-14(2,12)13)8-4-3-5-9(8)11/h8-9,11H,3-7H2,1-2H3/t8-,9-/m1/s1. The van der Waals surface area contributed by atoms with Gasteiger partial charge < -0.3 is 5.11 Å². The number of aliphatic hydroxyl groups is 1. The Morgan fingerprint density at radius 1 is 1.43 bits per heavy atom. The van der Waals surface area contributed by atoms with E-state index in [0.717, 1.165) is 19.3 Å². The van der Waals surface area contributed by atoms with Crippen LogP contribution in [-0.4, -0.2) is 56.2 Å². The second-order valence-electron chi connectivity index (χ2n) is 4.18. The smallest absolute Gasteiger partial charge is 0.148 e. The third-order valence-corrected chi connectivity index (χ3v) is 3.75. The van der Waals surface area contributed by atoms with Crippen LogP contribution in [0.5, 0.6) is 0 Å². The number of nitrogens with zero attached hydrogens (tertiary/aromatic N) is 1. The van der Waals surface area contributed by atoms with Crippen molar-refractivity contribution in [2.24, 2.45) is 0 Å². The zero-order valence-electron chi connectivity index (χ0n) is 8.81. The third-order valence-electron chi connectivity index (χ3n) is 2.82. The molecule has 0 amide bonds. The van der Waals surface area contributed by atoms with E-state index in [1.54, 1.807) is 0 Å². The van der Waals surface area contributed by atoms with Crippen LogP contribution in [0.15, 0.2) is 0 Å². The molecule has 5 heteroatoms. The Labute approximate surface area is 85.8 Å². The summed E-state index contributed by atoms with van der Waals surface area (Å²) in [5.74, 6) is 0.173. The molecule has 0 heterocycles. The maximum Gasteiger partial charge on any atom is 0.148 e. The lowest BCUT2D eigenvalue weighted by molar-refractivity contribution is 0.0897. The van der Waals surface area contributed by atoms with Crippen molar-refractivity contribution >= 4 is 9.84 Å². The predicted octanol–water partition coefficient (Wildman–Crippen LogP) is -0.124. The molecule has 1 aliphatic rings. The molecule has 1 fully saturated rings. The largest absolute Gasteiger partial charge is 0.391 e. The van der Waals surface area contributed by atoms with Gasteiger partial charge >= 0.3 is 0 Å². The van der Waals surface area contributed by atoms with Crippen LogP contribution >= 0.6 is 0 Å². The van der Waals surface area contributed by atoms with Crippen LogP contribution in [0.2, 0.25) is 0 Å². The van der Waals surface area contributed by atoms with Crippen molar-refractivity contribution in [3.8, 4) is 0 Å². The van der Waals surface area contributed by atoms with Gasteiger partial charge in [0.15, 0.2) is 0 Å². The minimum Gasteiger partial charge on any atom is -0.391 e. The number of rotatable bonds is 4. The average Bonchev–Trinajstić information content (AvgIpc) is 2.46. The molecule has 0 aromatic rings. The van der Waals surface area contributed by atoms with Crippen LogP contribution in [-0.2, 0) is 9.84 Å². The van der Waals surface area contributed by atoms with Crippen molar-refractivity contribution in [2.75, 3.05) is 25.6 Å². The first kappa shape index (κ1) is 11.9. The Morgan fingerprint density at radius 3 is 2.50 bits per heavy atom. The van der Waals surface area contributed by atoms with Crippen LogP contribution in [0.4, 0.5) is 0 Å². The lowest BCUT2D eigenvalue weighted by Gasteiger charge is -2.26. The first-order chi connectivity index (χ1) is 6.40. The van der Waals surface area contributed by atoms with E-state index in [1.807, 2.05) is 11.9 Å². The normalized spacial score (nSPS) is 28.6. The fraction of sp³-hybridized carbons (Fsp3) is 1.00. The molecule has 1 aliphatic carbocycles. The molecule has 0 bridgehead atoms. The van der Waals surface area contributed by atoms with E-state index < -0.39 is 9.84 Å². The average molecular weight is 221 g/mol. The van der Waals surface area contributed by atoms with E-state index in [9.17, 15) is 13.5 Å². The summed E-state index contributed by atoms with van der Waals surface area (Å²) in [5.41, 5.74) is 0. The second-order valence-corrected chi connectivity index (χ2v) is 6.44. The van der Waals surface area contributed by atoms with Gasteiger partial charge in [-0.3, -0.25) is 4.90 Å². The van der Waals surface area contributed by atoms with Crippen LogP contribution in [0.3, 0.4) is 0 Å². The number of hydrogen-bond donors (Lipinski definition) is 1. The highest BCUT2D eigenvalue weighted by Crippen LogP contribution is 2.22. The predicted molar refractivity (Wildman–Crippen MR) is 56.0 cm³/mol. The van der Waals surface area contributed by atoms with Gasteiger partial charge in [-0.25, -0.2) is 8.42 Å². The fourth-order valence-corrected chi connectivity index (χ4v) is 2.53. The molecular weight excluding hydrogens is 202 g/mol. The van der Waals surface area contributed by atoms with Gasteiger partial charge in [-0.15, -0.1) is 0 Å². The molecule has 0 radical (unpaired) electrons. The highest BCUT2D eigenvalue weighted by Gasteiger charge is 2.28. The minimum absolute atomic E-state index is 0.150. The van der Waals surface area contributed by atoms with Crippen LogP contribution in [0.1, 0.15) is 19.3 Å². The van der Waals surface area contributed by atoms with Gasteiger partial charge in [-0.05, 0) is 26.3 Å². The number of hydrogen-bond acceptors (Lipinski definition) is 4. The molecule has 0 aliphatic heterocycles. The Balaban J connectivity index is 2.38. The van der Waals surface area contributed by atoms with Crippen molar-refractivity contribution in [3.05, 3.63) is 0 Å². The maximum absolute atomic E-state index is 10.9. The first-order valence-corrected chi connectivity index (χ1v) is 7.02. The van der Waals surface area contributed by atoms with E-state index in [-0.39, 0.29) is 17.9 Å². The zero-order chi connectivity index (χ0) is 10.8. The Hall–Kier alpha value is -0.130. The molecule has 0 unspecified atom stereocenters. The van der Waals surface area contributed by atoms with Crippen molar-refractivity contribution in [1.29, 1.82) is 0 Å². The quantitative estimate of drug-likeness (QED) is 0.719. The topological polar surface area (TPSA) is 57.6 Å². The fourth-order valence-electron chi connectivity index (χ4n) is 1.91. The summed E-state index contributed by atoms with van der Waals surface area (Å²) in [6.07, 6.45) is 3.82. The summed E-state index contributed by atoms with van der Waals surface area (Å²) in [5, 5.41) is 9.60. The van der Waals surface area contributed by atoms with E-state index in [0.29, 0.717) is 6.54 Å². The Bertz CT molecular complexity index is 276. The molecule has 0 aromatic heterocycles. The summed E-state index contributed by atoms with van der Waals surface area (Å²) < 4.78 is 21.9. The van der Waals surface area contributed by atoms with Gasteiger partial charge in [0.1, 0.15) is 9.84 Å². The van der Waals surface area contributed by atoms with Gasteiger partial charge in [-0.1, -0.05) is 0 Å². The Kier molecular flexibility index (Phi) is 3.92. The summed E-state index contributed by atoms with van der Waals surface area (Å²) >= 11 is 0. The summed E-state index contributed by atoms with van der Waals surface area (Å²) in [6.45, 7) is 0.514. The molecule has 84 valence electrons. The molecule has 0 aromatic carbocycles. The summed E-state index contributed by atoms with van der Waals surface area (Å²) in [4.78, 5) is 1.96. The molecule has 0 spiro atoms. The number of aliphatic hydroxyl groups excluding tert-OH is 1. The van der Waals surface area contributed by atoms with Crippen molar-refractivity contribution in [2.45, 2.75) is 31.4 Å². The minimum atomic E-state index is -2.89. The molecule has 0 saturated heterocycles. The number of sulfone groups is 1. The highest BCUT2D eigenvalue weighted by atomic mass is 32.2. The lowest BCUT2D eigenvalue weighted by Crippen LogP contribution is -2.39.